The molecule has 0 atom stereocenters. The van der Waals surface area contributed by atoms with Gasteiger partial charge in [0.2, 0.25) is 5.91 Å². The molecule has 0 saturated heterocycles. The summed E-state index contributed by atoms with van der Waals surface area (Å²) in [6.07, 6.45) is 0.967. The van der Waals surface area contributed by atoms with Crippen LogP contribution in [0.25, 0.3) is 0 Å². The largest absolute Gasteiger partial charge is 0.373 e. The van der Waals surface area contributed by atoms with Crippen LogP contribution in [0, 0.1) is 11.3 Å². The first-order chi connectivity index (χ1) is 9.61. The number of benzene rings is 1. The topological polar surface area (TPSA) is 59.4 Å². The van der Waals surface area contributed by atoms with Crippen LogP contribution < -0.4 is 15.1 Å². The first kappa shape index (κ1) is 14.5. The number of anilines is 2. The van der Waals surface area contributed by atoms with Crippen LogP contribution in [0.1, 0.15) is 6.42 Å². The summed E-state index contributed by atoms with van der Waals surface area (Å²) in [5, 5.41) is 11.7. The highest BCUT2D eigenvalue weighted by atomic mass is 35.5. The minimum Gasteiger partial charge on any atom is -0.373 e. The summed E-state index contributed by atoms with van der Waals surface area (Å²) in [6, 6.07) is 7.62. The Morgan fingerprint density at radius 3 is 3.00 bits per heavy atom. The van der Waals surface area contributed by atoms with E-state index in [-0.39, 0.29) is 19.0 Å². The number of halogens is 1. The summed E-state index contributed by atoms with van der Waals surface area (Å²) in [6.45, 7) is 2.00. The first-order valence-electron chi connectivity index (χ1n) is 6.51. The lowest BCUT2D eigenvalue weighted by Gasteiger charge is -2.25. The Kier molecular flexibility index (Phi) is 4.70. The molecule has 6 heteroatoms. The van der Waals surface area contributed by atoms with E-state index in [0.29, 0.717) is 5.02 Å². The third-order valence-corrected chi connectivity index (χ3v) is 3.55. The van der Waals surface area contributed by atoms with Crippen LogP contribution in [0.4, 0.5) is 11.4 Å². The van der Waals surface area contributed by atoms with Gasteiger partial charge in [-0.15, -0.1) is 0 Å². The van der Waals surface area contributed by atoms with E-state index < -0.39 is 0 Å². The molecule has 0 spiro atoms. The van der Waals surface area contributed by atoms with Gasteiger partial charge in [-0.1, -0.05) is 11.6 Å². The van der Waals surface area contributed by atoms with Gasteiger partial charge in [0, 0.05) is 25.2 Å². The highest BCUT2D eigenvalue weighted by Gasteiger charge is 2.20. The molecule has 2 rings (SSSR count). The average Bonchev–Trinajstić information content (AvgIpc) is 2.57. The smallest absolute Gasteiger partial charge is 0.240 e. The summed E-state index contributed by atoms with van der Waals surface area (Å²) in [5.41, 5.74) is 2.03. The van der Waals surface area contributed by atoms with E-state index in [1.54, 1.807) is 0 Å². The number of hydrogen-bond acceptors (Lipinski definition) is 4. The molecule has 1 amide bonds. The molecule has 0 bridgehead atoms. The standard InChI is InChI=1S/C14H17ClN4O/c1-18-7-2-8-19(10-14(20)17-6-5-16)13-9-11(15)3-4-12(13)18/h3-4,9H,2,6-8,10H2,1H3,(H,17,20). The summed E-state index contributed by atoms with van der Waals surface area (Å²) < 4.78 is 0. The zero-order chi connectivity index (χ0) is 14.5. The Morgan fingerprint density at radius 2 is 2.25 bits per heavy atom. The number of nitrogens with zero attached hydrogens (tertiary/aromatic N) is 3. The minimum atomic E-state index is -0.151. The van der Waals surface area contributed by atoms with E-state index in [0.717, 1.165) is 30.9 Å². The number of nitriles is 1. The number of rotatable bonds is 3. The lowest BCUT2D eigenvalue weighted by atomic mass is 10.2. The summed E-state index contributed by atoms with van der Waals surface area (Å²) in [7, 11) is 2.03. The highest BCUT2D eigenvalue weighted by Crippen LogP contribution is 2.33. The molecular formula is C14H17ClN4O. The van der Waals surface area contributed by atoms with E-state index in [4.69, 9.17) is 16.9 Å². The molecule has 0 saturated carbocycles. The quantitative estimate of drug-likeness (QED) is 0.860. The lowest BCUT2D eigenvalue weighted by molar-refractivity contribution is -0.119. The van der Waals surface area contributed by atoms with Crippen molar-refractivity contribution in [1.29, 1.82) is 5.26 Å². The molecule has 1 aliphatic heterocycles. The van der Waals surface area contributed by atoms with Gasteiger partial charge in [-0.3, -0.25) is 4.79 Å². The van der Waals surface area contributed by atoms with Crippen LogP contribution in [0.3, 0.4) is 0 Å². The molecule has 1 aliphatic rings. The summed E-state index contributed by atoms with van der Waals surface area (Å²) >= 11 is 6.07. The normalized spacial score (nSPS) is 14.2. The molecule has 20 heavy (non-hydrogen) atoms. The number of amides is 1. The Morgan fingerprint density at radius 1 is 1.45 bits per heavy atom. The van der Waals surface area contributed by atoms with Crippen molar-refractivity contribution in [2.45, 2.75) is 6.42 Å². The molecule has 0 aliphatic carbocycles. The van der Waals surface area contributed by atoms with E-state index in [2.05, 4.69) is 10.2 Å². The molecule has 0 unspecified atom stereocenters. The molecule has 1 aromatic rings. The van der Waals surface area contributed by atoms with Gasteiger partial charge in [0.15, 0.2) is 0 Å². The van der Waals surface area contributed by atoms with Gasteiger partial charge in [0.25, 0.3) is 0 Å². The molecule has 1 heterocycles. The predicted molar refractivity (Wildman–Crippen MR) is 80.2 cm³/mol. The first-order valence-corrected chi connectivity index (χ1v) is 6.89. The second kappa shape index (κ2) is 6.49. The Bertz CT molecular complexity index is 540. The summed E-state index contributed by atoms with van der Waals surface area (Å²) in [4.78, 5) is 16.0. The van der Waals surface area contributed by atoms with Crippen LogP contribution in [0.5, 0.6) is 0 Å². The molecule has 0 aromatic heterocycles. The zero-order valence-corrected chi connectivity index (χ0v) is 12.2. The van der Waals surface area contributed by atoms with Gasteiger partial charge in [0.1, 0.15) is 6.54 Å². The van der Waals surface area contributed by atoms with Gasteiger partial charge >= 0.3 is 0 Å². The van der Waals surface area contributed by atoms with E-state index in [1.807, 2.05) is 36.2 Å². The monoisotopic (exact) mass is 292 g/mol. The van der Waals surface area contributed by atoms with E-state index >= 15 is 0 Å². The third kappa shape index (κ3) is 3.34. The molecule has 1 N–H and O–H groups in total. The fourth-order valence-corrected chi connectivity index (χ4v) is 2.51. The second-order valence-corrected chi connectivity index (χ2v) is 5.20. The van der Waals surface area contributed by atoms with Gasteiger partial charge < -0.3 is 15.1 Å². The number of nitrogens with one attached hydrogen (secondary N) is 1. The van der Waals surface area contributed by atoms with Crippen LogP contribution in [0.2, 0.25) is 5.02 Å². The maximum atomic E-state index is 11.8. The fourth-order valence-electron chi connectivity index (χ4n) is 2.34. The molecule has 5 nitrogen and oxygen atoms in total. The predicted octanol–water partition coefficient (Wildman–Crippen LogP) is 1.63. The van der Waals surface area contributed by atoms with E-state index in [1.165, 1.54) is 0 Å². The van der Waals surface area contributed by atoms with Gasteiger partial charge in [0.05, 0.1) is 24.0 Å². The van der Waals surface area contributed by atoms with Crippen molar-refractivity contribution in [3.63, 3.8) is 0 Å². The maximum absolute atomic E-state index is 11.8. The SMILES string of the molecule is CN1CCCN(CC(=O)NCC#N)c2cc(Cl)ccc21. The average molecular weight is 293 g/mol. The van der Waals surface area contributed by atoms with Crippen LogP contribution >= 0.6 is 11.6 Å². The molecule has 1 aromatic carbocycles. The molecule has 0 fully saturated rings. The van der Waals surface area contributed by atoms with E-state index in [9.17, 15) is 4.79 Å². The number of fused-ring (bicyclic) bond motifs is 1. The zero-order valence-electron chi connectivity index (χ0n) is 11.4. The molecular weight excluding hydrogens is 276 g/mol. The Balaban J connectivity index is 2.21. The minimum absolute atomic E-state index is 0.0367. The van der Waals surface area contributed by atoms with Crippen molar-refractivity contribution in [1.82, 2.24) is 5.32 Å². The van der Waals surface area contributed by atoms with Gasteiger partial charge in [-0.05, 0) is 24.6 Å². The van der Waals surface area contributed by atoms with Crippen molar-refractivity contribution < 1.29 is 4.79 Å². The maximum Gasteiger partial charge on any atom is 0.240 e. The van der Waals surface area contributed by atoms with Crippen LogP contribution in [-0.2, 0) is 4.79 Å². The molecule has 0 radical (unpaired) electrons. The van der Waals surface area contributed by atoms with Crippen LogP contribution in [-0.4, -0.2) is 39.1 Å². The van der Waals surface area contributed by atoms with Crippen molar-refractivity contribution in [2.75, 3.05) is 43.0 Å². The Hall–Kier alpha value is -1.93. The summed E-state index contributed by atoms with van der Waals surface area (Å²) in [5.74, 6) is -0.151. The van der Waals surface area contributed by atoms with Crippen LogP contribution in [0.15, 0.2) is 18.2 Å². The van der Waals surface area contributed by atoms with Crippen molar-refractivity contribution in [2.24, 2.45) is 0 Å². The number of carbonyl (C=O) groups is 1. The lowest BCUT2D eigenvalue weighted by Crippen LogP contribution is -2.37. The molecule has 106 valence electrons. The van der Waals surface area contributed by atoms with Crippen molar-refractivity contribution >= 4 is 28.9 Å². The number of carbonyl (C=O) groups excluding carboxylic acids is 1. The second-order valence-electron chi connectivity index (χ2n) is 4.76. The van der Waals surface area contributed by atoms with Crippen molar-refractivity contribution in [3.8, 4) is 6.07 Å². The highest BCUT2D eigenvalue weighted by molar-refractivity contribution is 6.31. The van der Waals surface area contributed by atoms with Crippen molar-refractivity contribution in [3.05, 3.63) is 23.2 Å². The Labute approximate surface area is 123 Å². The van der Waals surface area contributed by atoms with Gasteiger partial charge in [-0.25, -0.2) is 0 Å². The number of hydrogen-bond donors (Lipinski definition) is 1. The fraction of sp³-hybridized carbons (Fsp3) is 0.429. The van der Waals surface area contributed by atoms with Gasteiger partial charge in [-0.2, -0.15) is 5.26 Å². The third-order valence-electron chi connectivity index (χ3n) is 3.31.